The molecule has 0 radical (unpaired) electrons. The number of amides is 1. The van der Waals surface area contributed by atoms with Gasteiger partial charge < -0.3 is 9.64 Å². The maximum absolute atomic E-state index is 12.6. The Labute approximate surface area is 135 Å². The zero-order valence-electron chi connectivity index (χ0n) is 13.5. The van der Waals surface area contributed by atoms with Gasteiger partial charge in [0, 0.05) is 44.1 Å². The second-order valence-electron chi connectivity index (χ2n) is 5.89. The van der Waals surface area contributed by atoms with Crippen LogP contribution in [0.5, 0.6) is 0 Å². The lowest BCUT2D eigenvalue weighted by Crippen LogP contribution is -2.36. The first-order chi connectivity index (χ1) is 11.1. The van der Waals surface area contributed by atoms with Crippen molar-refractivity contribution in [2.45, 2.75) is 13.3 Å². The molecule has 0 spiro atoms. The summed E-state index contributed by atoms with van der Waals surface area (Å²) in [7, 11) is 1.81. The Hall–Kier alpha value is -2.28. The molecule has 0 N–H and O–H groups in total. The van der Waals surface area contributed by atoms with Crippen LogP contribution in [0.4, 0.5) is 0 Å². The summed E-state index contributed by atoms with van der Waals surface area (Å²) in [6.07, 6.45) is 5.90. The molecule has 1 fully saturated rings. The first kappa shape index (κ1) is 15.6. The zero-order valence-corrected chi connectivity index (χ0v) is 13.5. The molecule has 3 heterocycles. The normalized spacial score (nSPS) is 18.7. The summed E-state index contributed by atoms with van der Waals surface area (Å²) in [5, 5.41) is 4.07. The molecule has 23 heavy (non-hydrogen) atoms. The number of carbonyl (C=O) groups is 1. The van der Waals surface area contributed by atoms with Gasteiger partial charge in [-0.1, -0.05) is 0 Å². The Morgan fingerprint density at radius 2 is 2.35 bits per heavy atom. The lowest BCUT2D eigenvalue weighted by atomic mass is 10.0. The number of nitrogens with zero attached hydrogens (tertiary/aromatic N) is 5. The SMILES string of the molecule is Cc1nccc(C[C@@H]2COCCN(C(=O)c3cnn(C)c3)C2)n1. The average molecular weight is 315 g/mol. The van der Waals surface area contributed by atoms with Crippen LogP contribution in [0, 0.1) is 12.8 Å². The van der Waals surface area contributed by atoms with E-state index < -0.39 is 0 Å². The average Bonchev–Trinajstić information content (AvgIpc) is 2.82. The van der Waals surface area contributed by atoms with E-state index in [4.69, 9.17) is 4.74 Å². The van der Waals surface area contributed by atoms with E-state index in [-0.39, 0.29) is 11.8 Å². The van der Waals surface area contributed by atoms with Crippen molar-refractivity contribution in [2.24, 2.45) is 13.0 Å². The predicted molar refractivity (Wildman–Crippen MR) is 83.9 cm³/mol. The minimum absolute atomic E-state index is 0.00691. The van der Waals surface area contributed by atoms with Crippen LogP contribution in [0.1, 0.15) is 21.9 Å². The number of rotatable bonds is 3. The van der Waals surface area contributed by atoms with Gasteiger partial charge in [-0.3, -0.25) is 9.48 Å². The van der Waals surface area contributed by atoms with E-state index in [0.29, 0.717) is 31.9 Å². The van der Waals surface area contributed by atoms with Gasteiger partial charge in [0.2, 0.25) is 0 Å². The summed E-state index contributed by atoms with van der Waals surface area (Å²) in [5.41, 5.74) is 1.60. The van der Waals surface area contributed by atoms with Gasteiger partial charge in [0.1, 0.15) is 5.82 Å². The third-order valence-electron chi connectivity index (χ3n) is 3.91. The first-order valence-corrected chi connectivity index (χ1v) is 7.76. The third-order valence-corrected chi connectivity index (χ3v) is 3.91. The van der Waals surface area contributed by atoms with Crippen molar-refractivity contribution in [2.75, 3.05) is 26.3 Å². The Bertz CT molecular complexity index is 685. The molecule has 7 heteroatoms. The molecular weight excluding hydrogens is 294 g/mol. The molecule has 0 aromatic carbocycles. The molecule has 7 nitrogen and oxygen atoms in total. The van der Waals surface area contributed by atoms with Gasteiger partial charge in [0.05, 0.1) is 25.0 Å². The molecule has 0 saturated carbocycles. The Morgan fingerprint density at radius 3 is 3.09 bits per heavy atom. The fourth-order valence-electron chi connectivity index (χ4n) is 2.82. The molecule has 1 atom stereocenters. The first-order valence-electron chi connectivity index (χ1n) is 7.76. The van der Waals surface area contributed by atoms with Crippen molar-refractivity contribution >= 4 is 5.91 Å². The molecule has 3 rings (SSSR count). The van der Waals surface area contributed by atoms with Gasteiger partial charge in [-0.25, -0.2) is 9.97 Å². The number of hydrogen-bond acceptors (Lipinski definition) is 5. The van der Waals surface area contributed by atoms with E-state index in [1.165, 1.54) is 0 Å². The van der Waals surface area contributed by atoms with Crippen LogP contribution in [0.15, 0.2) is 24.7 Å². The standard InChI is InChI=1S/C16H21N5O2/c1-12-17-4-3-15(19-12)7-13-9-21(5-6-23-11-13)16(22)14-8-18-20(2)10-14/h3-4,8,10,13H,5-7,9,11H2,1-2H3/t13-/m0/s1. The van der Waals surface area contributed by atoms with Gasteiger partial charge in [-0.05, 0) is 19.4 Å². The molecule has 2 aromatic heterocycles. The summed E-state index contributed by atoms with van der Waals surface area (Å²) in [5.74, 6) is 1.00. The molecule has 2 aromatic rings. The summed E-state index contributed by atoms with van der Waals surface area (Å²) in [4.78, 5) is 23.0. The Kier molecular flexibility index (Phi) is 4.66. The molecule has 0 unspecified atom stereocenters. The van der Waals surface area contributed by atoms with Crippen LogP contribution in [0.3, 0.4) is 0 Å². The van der Waals surface area contributed by atoms with Gasteiger partial charge in [-0.15, -0.1) is 0 Å². The minimum Gasteiger partial charge on any atom is -0.379 e. The van der Waals surface area contributed by atoms with Crippen LogP contribution in [0.25, 0.3) is 0 Å². The molecule has 1 aliphatic heterocycles. The zero-order chi connectivity index (χ0) is 16.2. The molecule has 1 saturated heterocycles. The highest BCUT2D eigenvalue weighted by molar-refractivity contribution is 5.93. The summed E-state index contributed by atoms with van der Waals surface area (Å²) in [6, 6.07) is 1.92. The fraction of sp³-hybridized carbons (Fsp3) is 0.500. The summed E-state index contributed by atoms with van der Waals surface area (Å²) < 4.78 is 7.31. The van der Waals surface area contributed by atoms with Crippen LogP contribution in [-0.4, -0.2) is 56.9 Å². The van der Waals surface area contributed by atoms with Crippen LogP contribution < -0.4 is 0 Å². The summed E-state index contributed by atoms with van der Waals surface area (Å²) >= 11 is 0. The van der Waals surface area contributed by atoms with Gasteiger partial charge in [-0.2, -0.15) is 5.10 Å². The van der Waals surface area contributed by atoms with E-state index in [1.54, 1.807) is 23.3 Å². The predicted octanol–water partition coefficient (Wildman–Crippen LogP) is 0.850. The van der Waals surface area contributed by atoms with Crippen molar-refractivity contribution in [1.29, 1.82) is 0 Å². The smallest absolute Gasteiger partial charge is 0.257 e. The molecule has 1 aliphatic rings. The van der Waals surface area contributed by atoms with Gasteiger partial charge >= 0.3 is 0 Å². The third kappa shape index (κ3) is 3.92. The topological polar surface area (TPSA) is 73.1 Å². The van der Waals surface area contributed by atoms with E-state index in [0.717, 1.165) is 17.9 Å². The van der Waals surface area contributed by atoms with Crippen LogP contribution >= 0.6 is 0 Å². The number of ether oxygens (including phenoxy) is 1. The molecular formula is C16H21N5O2. The highest BCUT2D eigenvalue weighted by atomic mass is 16.5. The number of aromatic nitrogens is 4. The van der Waals surface area contributed by atoms with Gasteiger partial charge in [0.25, 0.3) is 5.91 Å². The van der Waals surface area contributed by atoms with Crippen molar-refractivity contribution in [1.82, 2.24) is 24.6 Å². The van der Waals surface area contributed by atoms with Crippen LogP contribution in [0.2, 0.25) is 0 Å². The number of carbonyl (C=O) groups excluding carboxylic acids is 1. The van der Waals surface area contributed by atoms with E-state index in [9.17, 15) is 4.79 Å². The maximum Gasteiger partial charge on any atom is 0.257 e. The molecule has 0 bridgehead atoms. The van der Waals surface area contributed by atoms with Crippen molar-refractivity contribution in [3.63, 3.8) is 0 Å². The van der Waals surface area contributed by atoms with E-state index in [1.807, 2.05) is 24.9 Å². The summed E-state index contributed by atoms with van der Waals surface area (Å²) in [6.45, 7) is 4.35. The van der Waals surface area contributed by atoms with Crippen molar-refractivity contribution in [3.05, 3.63) is 41.7 Å². The highest BCUT2D eigenvalue weighted by Crippen LogP contribution is 2.15. The second-order valence-corrected chi connectivity index (χ2v) is 5.89. The molecule has 122 valence electrons. The minimum atomic E-state index is 0.00691. The van der Waals surface area contributed by atoms with Crippen LogP contribution in [-0.2, 0) is 18.2 Å². The van der Waals surface area contributed by atoms with Gasteiger partial charge in [0.15, 0.2) is 0 Å². The Morgan fingerprint density at radius 1 is 1.48 bits per heavy atom. The lowest BCUT2D eigenvalue weighted by Gasteiger charge is -2.23. The monoisotopic (exact) mass is 315 g/mol. The number of hydrogen-bond donors (Lipinski definition) is 0. The van der Waals surface area contributed by atoms with E-state index in [2.05, 4.69) is 15.1 Å². The van der Waals surface area contributed by atoms with E-state index >= 15 is 0 Å². The second kappa shape index (κ2) is 6.87. The maximum atomic E-state index is 12.6. The fourth-order valence-corrected chi connectivity index (χ4v) is 2.82. The van der Waals surface area contributed by atoms with Crippen molar-refractivity contribution < 1.29 is 9.53 Å². The number of aryl methyl sites for hydroxylation is 2. The molecule has 0 aliphatic carbocycles. The van der Waals surface area contributed by atoms with Crippen molar-refractivity contribution in [3.8, 4) is 0 Å². The highest BCUT2D eigenvalue weighted by Gasteiger charge is 2.24. The quantitative estimate of drug-likeness (QED) is 0.839. The molecule has 1 amide bonds. The Balaban J connectivity index is 1.69. The lowest BCUT2D eigenvalue weighted by molar-refractivity contribution is 0.0737. The largest absolute Gasteiger partial charge is 0.379 e.